The van der Waals surface area contributed by atoms with E-state index in [0.29, 0.717) is 5.92 Å². The van der Waals surface area contributed by atoms with Crippen LogP contribution in [-0.2, 0) is 0 Å². The Morgan fingerprint density at radius 1 is 1.33 bits per heavy atom. The zero-order valence-corrected chi connectivity index (χ0v) is 8.52. The van der Waals surface area contributed by atoms with E-state index >= 15 is 0 Å². The summed E-state index contributed by atoms with van der Waals surface area (Å²) in [6, 6.07) is 0. The van der Waals surface area contributed by atoms with Gasteiger partial charge in [0.1, 0.15) is 0 Å². The van der Waals surface area contributed by atoms with Gasteiger partial charge >= 0.3 is 0 Å². The minimum Gasteiger partial charge on any atom is -0.388 e. The van der Waals surface area contributed by atoms with E-state index in [1.54, 1.807) is 0 Å². The summed E-state index contributed by atoms with van der Waals surface area (Å²) in [4.78, 5) is 0. The summed E-state index contributed by atoms with van der Waals surface area (Å²) < 4.78 is 0. The van der Waals surface area contributed by atoms with E-state index in [2.05, 4.69) is 38.7 Å². The number of likely N-dealkylation sites (N-methyl/N-ethyl adjacent to an activating group) is 1. The van der Waals surface area contributed by atoms with Gasteiger partial charge in [-0.1, -0.05) is 32.1 Å². The second-order valence-corrected chi connectivity index (χ2v) is 3.14. The van der Waals surface area contributed by atoms with Crippen LogP contribution in [0.1, 0.15) is 20.8 Å². The first-order chi connectivity index (χ1) is 5.61. The van der Waals surface area contributed by atoms with Crippen LogP contribution in [-0.4, -0.2) is 7.05 Å². The Morgan fingerprint density at radius 3 is 2.25 bits per heavy atom. The molecule has 0 fully saturated rings. The molecule has 0 amide bonds. The third-order valence-electron chi connectivity index (χ3n) is 1.95. The summed E-state index contributed by atoms with van der Waals surface area (Å²) in [5.74, 6) is 0.615. The Balaban J connectivity index is 4.34. The normalized spacial score (nSPS) is 13.4. The van der Waals surface area contributed by atoms with E-state index in [9.17, 15) is 0 Å². The van der Waals surface area contributed by atoms with Crippen LogP contribution in [0.5, 0.6) is 0 Å². The number of allylic oxidation sites excluding steroid dienone is 4. The van der Waals surface area contributed by atoms with E-state index in [-0.39, 0.29) is 0 Å². The maximum atomic E-state index is 3.69. The second kappa shape index (κ2) is 5.64. The lowest BCUT2D eigenvalue weighted by atomic mass is 10.1. The largest absolute Gasteiger partial charge is 0.388 e. The smallest absolute Gasteiger partial charge is 0.0331 e. The fourth-order valence-corrected chi connectivity index (χ4v) is 0.667. The fraction of sp³-hybridized carbons (Fsp3) is 0.455. The zero-order chi connectivity index (χ0) is 9.56. The van der Waals surface area contributed by atoms with Crippen molar-refractivity contribution in [3.8, 4) is 0 Å². The van der Waals surface area contributed by atoms with Gasteiger partial charge in [-0.3, -0.25) is 0 Å². The van der Waals surface area contributed by atoms with Crippen molar-refractivity contribution in [1.29, 1.82) is 0 Å². The van der Waals surface area contributed by atoms with Crippen LogP contribution in [0.3, 0.4) is 0 Å². The Morgan fingerprint density at radius 2 is 1.92 bits per heavy atom. The van der Waals surface area contributed by atoms with Gasteiger partial charge in [-0.2, -0.15) is 0 Å². The molecular weight excluding hydrogens is 146 g/mol. The summed E-state index contributed by atoms with van der Waals surface area (Å²) in [7, 11) is 1.89. The first kappa shape index (κ1) is 11.0. The van der Waals surface area contributed by atoms with Crippen molar-refractivity contribution in [2.45, 2.75) is 20.8 Å². The van der Waals surface area contributed by atoms with E-state index in [0.717, 1.165) is 5.70 Å². The van der Waals surface area contributed by atoms with E-state index in [1.165, 1.54) is 5.57 Å². The van der Waals surface area contributed by atoms with E-state index in [1.807, 2.05) is 19.2 Å². The Labute approximate surface area is 75.9 Å². The molecule has 0 saturated carbocycles. The molecule has 0 rings (SSSR count). The van der Waals surface area contributed by atoms with Crippen molar-refractivity contribution in [3.63, 3.8) is 0 Å². The zero-order valence-electron chi connectivity index (χ0n) is 8.52. The van der Waals surface area contributed by atoms with Gasteiger partial charge in [-0.05, 0) is 25.0 Å². The van der Waals surface area contributed by atoms with Crippen LogP contribution >= 0.6 is 0 Å². The lowest BCUT2D eigenvalue weighted by molar-refractivity contribution is 0.769. The third-order valence-corrected chi connectivity index (χ3v) is 1.95. The van der Waals surface area contributed by atoms with Crippen molar-refractivity contribution in [3.05, 3.63) is 36.1 Å². The monoisotopic (exact) mass is 165 g/mol. The van der Waals surface area contributed by atoms with E-state index in [4.69, 9.17) is 0 Å². The van der Waals surface area contributed by atoms with Crippen LogP contribution in [0.4, 0.5) is 0 Å². The summed E-state index contributed by atoms with van der Waals surface area (Å²) in [6.45, 7) is 10.2. The molecule has 0 atom stereocenters. The average molecular weight is 165 g/mol. The quantitative estimate of drug-likeness (QED) is 0.632. The summed E-state index contributed by atoms with van der Waals surface area (Å²) in [6.07, 6.45) is 5.98. The molecule has 1 heteroatoms. The van der Waals surface area contributed by atoms with Gasteiger partial charge < -0.3 is 5.32 Å². The molecule has 0 aliphatic heterocycles. The van der Waals surface area contributed by atoms with Crippen molar-refractivity contribution in [2.24, 2.45) is 5.92 Å². The second-order valence-electron chi connectivity index (χ2n) is 3.14. The van der Waals surface area contributed by atoms with Crippen LogP contribution in [0, 0.1) is 5.92 Å². The summed E-state index contributed by atoms with van der Waals surface area (Å²) in [5, 5.41) is 3.04. The van der Waals surface area contributed by atoms with Gasteiger partial charge in [0, 0.05) is 12.7 Å². The lowest BCUT2D eigenvalue weighted by Crippen LogP contribution is -2.01. The molecule has 0 heterocycles. The topological polar surface area (TPSA) is 12.0 Å². The number of nitrogens with one attached hydrogen (secondary N) is 1. The highest BCUT2D eigenvalue weighted by atomic mass is 14.8. The molecule has 0 aromatic carbocycles. The van der Waals surface area contributed by atoms with Crippen LogP contribution < -0.4 is 5.32 Å². The highest BCUT2D eigenvalue weighted by Crippen LogP contribution is 2.08. The molecule has 68 valence electrons. The molecule has 0 aliphatic carbocycles. The van der Waals surface area contributed by atoms with Crippen LogP contribution in [0.15, 0.2) is 36.1 Å². The Hall–Kier alpha value is -0.980. The highest BCUT2D eigenvalue weighted by molar-refractivity contribution is 5.22. The minimum atomic E-state index is 0.615. The van der Waals surface area contributed by atoms with Gasteiger partial charge in [0.2, 0.25) is 0 Å². The number of rotatable bonds is 4. The standard InChI is InChI=1S/C11H19N/c1-6-11(12-5)8-7-10(4)9(2)3/h6-9,12H,1H2,2-5H3/b10-7+,11-8+. The Bertz CT molecular complexity index is 197. The fourth-order valence-electron chi connectivity index (χ4n) is 0.667. The number of hydrogen-bond acceptors (Lipinski definition) is 1. The van der Waals surface area contributed by atoms with Crippen LogP contribution in [0.2, 0.25) is 0 Å². The van der Waals surface area contributed by atoms with Gasteiger partial charge in [0.05, 0.1) is 0 Å². The average Bonchev–Trinajstić information content (AvgIpc) is 2.05. The molecular formula is C11H19N. The molecule has 0 bridgehead atoms. The lowest BCUT2D eigenvalue weighted by Gasteiger charge is -2.03. The molecule has 0 aromatic heterocycles. The third kappa shape index (κ3) is 4.02. The summed E-state index contributed by atoms with van der Waals surface area (Å²) in [5.41, 5.74) is 2.43. The first-order valence-corrected chi connectivity index (χ1v) is 4.30. The molecule has 0 aromatic rings. The summed E-state index contributed by atoms with van der Waals surface area (Å²) >= 11 is 0. The predicted octanol–water partition coefficient (Wildman–Crippen LogP) is 2.88. The molecule has 0 spiro atoms. The van der Waals surface area contributed by atoms with Crippen molar-refractivity contribution in [2.75, 3.05) is 7.05 Å². The predicted molar refractivity (Wildman–Crippen MR) is 55.9 cm³/mol. The van der Waals surface area contributed by atoms with Crippen molar-refractivity contribution < 1.29 is 0 Å². The van der Waals surface area contributed by atoms with Crippen LogP contribution in [0.25, 0.3) is 0 Å². The highest BCUT2D eigenvalue weighted by Gasteiger charge is 1.93. The molecule has 1 N–H and O–H groups in total. The van der Waals surface area contributed by atoms with Gasteiger partial charge in [-0.15, -0.1) is 0 Å². The molecule has 12 heavy (non-hydrogen) atoms. The molecule has 0 aliphatic rings. The molecule has 0 unspecified atom stereocenters. The van der Waals surface area contributed by atoms with E-state index < -0.39 is 0 Å². The van der Waals surface area contributed by atoms with Crippen molar-refractivity contribution >= 4 is 0 Å². The van der Waals surface area contributed by atoms with Gasteiger partial charge in [-0.25, -0.2) is 0 Å². The maximum Gasteiger partial charge on any atom is 0.0331 e. The molecule has 0 radical (unpaired) electrons. The number of hydrogen-bond donors (Lipinski definition) is 1. The van der Waals surface area contributed by atoms with Gasteiger partial charge in [0.25, 0.3) is 0 Å². The van der Waals surface area contributed by atoms with Crippen molar-refractivity contribution in [1.82, 2.24) is 5.32 Å². The minimum absolute atomic E-state index is 0.615. The SMILES string of the molecule is C=C/C(=C\C=C(/C)C(C)C)NC. The maximum absolute atomic E-state index is 3.69. The Kier molecular flexibility index (Phi) is 5.18. The molecule has 0 saturated heterocycles. The van der Waals surface area contributed by atoms with Gasteiger partial charge in [0.15, 0.2) is 0 Å². The first-order valence-electron chi connectivity index (χ1n) is 4.30. The molecule has 1 nitrogen and oxygen atoms in total.